The Hall–Kier alpha value is -2.20. The predicted octanol–water partition coefficient (Wildman–Crippen LogP) is 3.97. The van der Waals surface area contributed by atoms with Crippen molar-refractivity contribution in [3.05, 3.63) is 67.6 Å². The van der Waals surface area contributed by atoms with Gasteiger partial charge in [0.05, 0.1) is 0 Å². The van der Waals surface area contributed by atoms with E-state index in [4.69, 9.17) is 0 Å². The second kappa shape index (κ2) is 7.08. The maximum absolute atomic E-state index is 13.6. The molecule has 27 heavy (non-hydrogen) atoms. The highest BCUT2D eigenvalue weighted by atomic mass is 16.3. The largest absolute Gasteiger partial charge is 0.396 e. The maximum Gasteiger partial charge on any atom is 0.252 e. The highest BCUT2D eigenvalue weighted by molar-refractivity contribution is 6.11. The van der Waals surface area contributed by atoms with Crippen LogP contribution in [0.5, 0.6) is 0 Å². The number of nitrogens with one attached hydrogen (secondary N) is 1. The Bertz CT molecular complexity index is 929. The summed E-state index contributed by atoms with van der Waals surface area (Å²) in [4.78, 5) is 29.2. The molecule has 0 bridgehead atoms. The van der Waals surface area contributed by atoms with Gasteiger partial charge in [0.25, 0.3) is 5.56 Å². The summed E-state index contributed by atoms with van der Waals surface area (Å²) >= 11 is 0. The molecule has 1 aromatic heterocycles. The number of pyridine rings is 1. The fraction of sp³-hybridized carbons (Fsp3) is 0.478. The van der Waals surface area contributed by atoms with Gasteiger partial charge in [-0.05, 0) is 69.1 Å². The molecule has 0 saturated heterocycles. The van der Waals surface area contributed by atoms with Crippen LogP contribution in [0, 0.1) is 26.2 Å². The Morgan fingerprint density at radius 3 is 2.22 bits per heavy atom. The van der Waals surface area contributed by atoms with Gasteiger partial charge in [-0.1, -0.05) is 31.0 Å². The van der Waals surface area contributed by atoms with Crippen LogP contribution in [0.4, 0.5) is 0 Å². The smallest absolute Gasteiger partial charge is 0.252 e. The van der Waals surface area contributed by atoms with Crippen molar-refractivity contribution in [2.75, 3.05) is 6.61 Å². The first-order valence-electron chi connectivity index (χ1n) is 9.67. The zero-order valence-electron chi connectivity index (χ0n) is 16.9. The molecule has 0 spiro atoms. The minimum Gasteiger partial charge on any atom is -0.396 e. The van der Waals surface area contributed by atoms with E-state index in [1.165, 1.54) is 0 Å². The van der Waals surface area contributed by atoms with Crippen molar-refractivity contribution in [1.82, 2.24) is 4.98 Å². The van der Waals surface area contributed by atoms with Crippen LogP contribution < -0.4 is 5.56 Å². The van der Waals surface area contributed by atoms with E-state index in [2.05, 4.69) is 4.98 Å². The fourth-order valence-corrected chi connectivity index (χ4v) is 4.00. The number of aromatic nitrogens is 1. The number of H-pyrrole nitrogens is 1. The summed E-state index contributed by atoms with van der Waals surface area (Å²) in [5, 5.41) is 9.80. The number of rotatable bonds is 6. The van der Waals surface area contributed by atoms with Gasteiger partial charge in [-0.2, -0.15) is 0 Å². The highest BCUT2D eigenvalue weighted by Gasteiger charge is 2.43. The van der Waals surface area contributed by atoms with Crippen LogP contribution in [-0.4, -0.2) is 22.5 Å². The average Bonchev–Trinajstić information content (AvgIpc) is 3.35. The molecular formula is C23H29NO3. The lowest BCUT2D eigenvalue weighted by molar-refractivity contribution is 0.103. The summed E-state index contributed by atoms with van der Waals surface area (Å²) in [6.07, 6.45) is 2.53. The SMILES string of the molecule is Cc1cc(C)cc(C(=O)c2c(CC3(CO)CC3)c(C)[nH]c(=O)c2C(C)C)c1. The first-order valence-corrected chi connectivity index (χ1v) is 9.67. The highest BCUT2D eigenvalue weighted by Crippen LogP contribution is 2.48. The number of carbonyl (C=O) groups is 1. The summed E-state index contributed by atoms with van der Waals surface area (Å²) in [5.41, 5.74) is 5.05. The van der Waals surface area contributed by atoms with Gasteiger partial charge < -0.3 is 10.1 Å². The number of hydrogen-bond acceptors (Lipinski definition) is 3. The minimum absolute atomic E-state index is 0.0674. The number of benzene rings is 1. The molecule has 0 atom stereocenters. The zero-order chi connectivity index (χ0) is 19.9. The Morgan fingerprint density at radius 2 is 1.74 bits per heavy atom. The molecule has 1 heterocycles. The van der Waals surface area contributed by atoms with E-state index in [1.807, 2.05) is 52.8 Å². The lowest BCUT2D eigenvalue weighted by Crippen LogP contribution is -2.26. The van der Waals surface area contributed by atoms with Crippen molar-refractivity contribution in [2.24, 2.45) is 5.41 Å². The molecule has 3 rings (SSSR count). The number of aliphatic hydroxyl groups excluding tert-OH is 1. The van der Waals surface area contributed by atoms with Crippen LogP contribution in [0.25, 0.3) is 0 Å². The Kier molecular flexibility index (Phi) is 5.13. The topological polar surface area (TPSA) is 70.2 Å². The molecule has 1 fully saturated rings. The number of aryl methyl sites for hydroxylation is 3. The van der Waals surface area contributed by atoms with Gasteiger partial charge >= 0.3 is 0 Å². The molecule has 2 aromatic rings. The van der Waals surface area contributed by atoms with Crippen molar-refractivity contribution >= 4 is 5.78 Å². The maximum atomic E-state index is 13.6. The molecule has 1 aliphatic rings. The molecule has 1 saturated carbocycles. The number of carbonyl (C=O) groups excluding carboxylic acids is 1. The molecule has 4 nitrogen and oxygen atoms in total. The van der Waals surface area contributed by atoms with Crippen LogP contribution in [-0.2, 0) is 6.42 Å². The quantitative estimate of drug-likeness (QED) is 0.759. The van der Waals surface area contributed by atoms with Crippen molar-refractivity contribution in [3.8, 4) is 0 Å². The third kappa shape index (κ3) is 3.77. The predicted molar refractivity (Wildman–Crippen MR) is 108 cm³/mol. The van der Waals surface area contributed by atoms with Gasteiger partial charge in [0.2, 0.25) is 0 Å². The standard InChI is InChI=1S/C23H29NO3/c1-13(2)19-20(21(26)17-9-14(3)8-15(4)10-17)18(16(5)24-22(19)27)11-23(12-25)6-7-23/h8-10,13,25H,6-7,11-12H2,1-5H3,(H,24,27). The van der Waals surface area contributed by atoms with E-state index in [9.17, 15) is 14.7 Å². The van der Waals surface area contributed by atoms with Crippen LogP contribution in [0.15, 0.2) is 23.0 Å². The third-order valence-electron chi connectivity index (χ3n) is 5.70. The van der Waals surface area contributed by atoms with E-state index in [1.54, 1.807) is 0 Å². The first kappa shape index (κ1) is 19.6. The summed E-state index contributed by atoms with van der Waals surface area (Å²) in [6, 6.07) is 5.81. The molecule has 0 amide bonds. The van der Waals surface area contributed by atoms with Gasteiger partial charge in [-0.15, -0.1) is 0 Å². The molecule has 144 valence electrons. The lowest BCUT2D eigenvalue weighted by atomic mass is 9.84. The monoisotopic (exact) mass is 367 g/mol. The Morgan fingerprint density at radius 1 is 1.15 bits per heavy atom. The summed E-state index contributed by atoms with van der Waals surface area (Å²) in [6.45, 7) is 9.80. The molecule has 0 unspecified atom stereocenters. The summed E-state index contributed by atoms with van der Waals surface area (Å²) in [7, 11) is 0. The molecular weight excluding hydrogens is 338 g/mol. The fourth-order valence-electron chi connectivity index (χ4n) is 4.00. The molecule has 4 heteroatoms. The number of aliphatic hydroxyl groups is 1. The Balaban J connectivity index is 2.24. The zero-order valence-corrected chi connectivity index (χ0v) is 16.9. The normalized spacial score (nSPS) is 15.2. The summed E-state index contributed by atoms with van der Waals surface area (Å²) < 4.78 is 0. The van der Waals surface area contributed by atoms with Gasteiger partial charge in [-0.3, -0.25) is 9.59 Å². The lowest BCUT2D eigenvalue weighted by Gasteiger charge is -2.21. The van der Waals surface area contributed by atoms with Crippen molar-refractivity contribution in [2.45, 2.75) is 59.8 Å². The second-order valence-electron chi connectivity index (χ2n) is 8.54. The van der Waals surface area contributed by atoms with Gasteiger partial charge in [0.1, 0.15) is 0 Å². The van der Waals surface area contributed by atoms with E-state index < -0.39 is 0 Å². The van der Waals surface area contributed by atoms with E-state index in [0.29, 0.717) is 23.1 Å². The number of hydrogen-bond donors (Lipinski definition) is 2. The van der Waals surface area contributed by atoms with Gasteiger partial charge in [-0.25, -0.2) is 0 Å². The van der Waals surface area contributed by atoms with Gasteiger partial charge in [0.15, 0.2) is 5.78 Å². The van der Waals surface area contributed by atoms with E-state index >= 15 is 0 Å². The number of ketones is 1. The second-order valence-corrected chi connectivity index (χ2v) is 8.54. The van der Waals surface area contributed by atoms with Crippen LogP contribution >= 0.6 is 0 Å². The van der Waals surface area contributed by atoms with Crippen LogP contribution in [0.3, 0.4) is 0 Å². The molecule has 0 aliphatic heterocycles. The number of aromatic amines is 1. The Labute approximate surface area is 160 Å². The molecule has 2 N–H and O–H groups in total. The van der Waals surface area contributed by atoms with Gasteiger partial charge in [0, 0.05) is 29.0 Å². The first-order chi connectivity index (χ1) is 12.7. The van der Waals surface area contributed by atoms with Crippen LogP contribution in [0.1, 0.15) is 76.5 Å². The summed E-state index contributed by atoms with van der Waals surface area (Å²) in [5.74, 6) is -0.161. The van der Waals surface area contributed by atoms with Crippen molar-refractivity contribution in [3.63, 3.8) is 0 Å². The molecule has 1 aromatic carbocycles. The minimum atomic E-state index is -0.187. The molecule has 1 aliphatic carbocycles. The van der Waals surface area contributed by atoms with E-state index in [-0.39, 0.29) is 29.3 Å². The van der Waals surface area contributed by atoms with Crippen LogP contribution in [0.2, 0.25) is 0 Å². The van der Waals surface area contributed by atoms with Crippen molar-refractivity contribution in [1.29, 1.82) is 0 Å². The molecule has 0 radical (unpaired) electrons. The average molecular weight is 367 g/mol. The van der Waals surface area contributed by atoms with Crippen molar-refractivity contribution < 1.29 is 9.90 Å². The van der Waals surface area contributed by atoms with E-state index in [0.717, 1.165) is 35.2 Å². The third-order valence-corrected chi connectivity index (χ3v) is 5.70.